The number of unbranched alkanes of at least 4 members (excludes halogenated alkanes) is 24. The van der Waals surface area contributed by atoms with E-state index in [0.29, 0.717) is 19.4 Å². The zero-order chi connectivity index (χ0) is 43.5. The molecule has 0 radical (unpaired) electrons. The molecule has 0 rings (SSSR count). The summed E-state index contributed by atoms with van der Waals surface area (Å²) in [5.41, 5.74) is -0.223. The number of aliphatic hydroxyl groups excluding tert-OH is 1. The average molecular weight is 836 g/mol. The molecule has 0 saturated carbocycles. The molecule has 0 aliphatic heterocycles. The Bertz CT molecular complexity index is 865. The van der Waals surface area contributed by atoms with Crippen molar-refractivity contribution >= 4 is 11.9 Å². The third-order valence-corrected chi connectivity index (χ3v) is 12.9. The second-order valence-electron chi connectivity index (χ2n) is 19.1. The molecule has 0 fully saturated rings. The van der Waals surface area contributed by atoms with Crippen LogP contribution in [0.3, 0.4) is 0 Å². The maximum absolute atomic E-state index is 12.8. The number of hydrogen-bond acceptors (Lipinski definition) is 6. The molecule has 0 spiro atoms. The van der Waals surface area contributed by atoms with E-state index in [1.54, 1.807) is 0 Å². The molecule has 0 unspecified atom stereocenters. The molecule has 0 aromatic rings. The van der Waals surface area contributed by atoms with Crippen LogP contribution in [0.4, 0.5) is 0 Å². The summed E-state index contributed by atoms with van der Waals surface area (Å²) in [6.07, 6.45) is 45.0. The number of carbonyl (C=O) groups excluding carboxylic acids is 2. The molecule has 0 heterocycles. The van der Waals surface area contributed by atoms with E-state index in [1.807, 2.05) is 0 Å². The summed E-state index contributed by atoms with van der Waals surface area (Å²) in [5, 5.41) is 10.1. The summed E-state index contributed by atoms with van der Waals surface area (Å²) in [5.74, 6) is 0.792. The topological polar surface area (TPSA) is 76.1 Å². The van der Waals surface area contributed by atoms with Gasteiger partial charge in [0.1, 0.15) is 6.10 Å². The van der Waals surface area contributed by atoms with Crippen LogP contribution in [0.2, 0.25) is 0 Å². The van der Waals surface area contributed by atoms with Crippen molar-refractivity contribution in [1.82, 2.24) is 4.90 Å². The second kappa shape index (κ2) is 43.5. The van der Waals surface area contributed by atoms with E-state index in [9.17, 15) is 14.7 Å². The predicted octanol–water partition coefficient (Wildman–Crippen LogP) is 16.0. The summed E-state index contributed by atoms with van der Waals surface area (Å²) < 4.78 is 11.7. The molecule has 6 heteroatoms. The van der Waals surface area contributed by atoms with Gasteiger partial charge in [-0.3, -0.25) is 14.5 Å². The first-order valence-corrected chi connectivity index (χ1v) is 26.4. The number of esters is 2. The maximum Gasteiger partial charge on any atom is 0.306 e. The van der Waals surface area contributed by atoms with Gasteiger partial charge in [0, 0.05) is 18.4 Å². The number of rotatable bonds is 47. The minimum absolute atomic E-state index is 0.0122. The van der Waals surface area contributed by atoms with Gasteiger partial charge >= 0.3 is 11.9 Å². The van der Waals surface area contributed by atoms with Gasteiger partial charge in [-0.25, -0.2) is 0 Å². The molecule has 0 bridgehead atoms. The minimum Gasteiger partial charge on any atom is -0.466 e. The van der Waals surface area contributed by atoms with Crippen molar-refractivity contribution in [2.75, 3.05) is 26.3 Å². The fourth-order valence-corrected chi connectivity index (χ4v) is 8.62. The lowest BCUT2D eigenvalue weighted by atomic mass is 9.91. The van der Waals surface area contributed by atoms with E-state index in [0.717, 1.165) is 102 Å². The molecule has 6 nitrogen and oxygen atoms in total. The summed E-state index contributed by atoms with van der Waals surface area (Å²) in [4.78, 5) is 27.7. The Balaban J connectivity index is 4.26. The van der Waals surface area contributed by atoms with Crippen molar-refractivity contribution in [2.24, 2.45) is 5.92 Å². The first-order valence-electron chi connectivity index (χ1n) is 26.4. The van der Waals surface area contributed by atoms with Gasteiger partial charge in [-0.05, 0) is 97.1 Å². The Morgan fingerprint density at radius 2 is 0.814 bits per heavy atom. The van der Waals surface area contributed by atoms with Gasteiger partial charge in [0.2, 0.25) is 0 Å². The van der Waals surface area contributed by atoms with Crippen LogP contribution >= 0.6 is 0 Å². The van der Waals surface area contributed by atoms with Crippen molar-refractivity contribution in [3.8, 4) is 0 Å². The quantitative estimate of drug-likeness (QED) is 0.0486. The molecule has 0 aromatic carbocycles. The Morgan fingerprint density at radius 3 is 1.27 bits per heavy atom. The van der Waals surface area contributed by atoms with E-state index in [4.69, 9.17) is 9.47 Å². The monoisotopic (exact) mass is 836 g/mol. The Hall–Kier alpha value is -1.14. The lowest BCUT2D eigenvalue weighted by Crippen LogP contribution is -2.47. The van der Waals surface area contributed by atoms with Crippen LogP contribution < -0.4 is 0 Å². The Kier molecular flexibility index (Phi) is 42.7. The van der Waals surface area contributed by atoms with Gasteiger partial charge in [-0.15, -0.1) is 0 Å². The standard InChI is InChI=1S/C53H105NO5/c1-7-11-15-19-23-31-41-50(42-32-24-20-16-12-8-2)59-52(57)44-34-26-22-28-36-46-54(53(5,6)48-55)45-35-27-21-25-33-43-51(56)58-47-37-40-49(38-29-17-13-9-3)39-30-18-14-10-4/h49-50,55H,7-48H2,1-6H3. The fraction of sp³-hybridized carbons (Fsp3) is 0.962. The number of aliphatic hydroxyl groups is 1. The molecule has 0 saturated heterocycles. The van der Waals surface area contributed by atoms with Gasteiger partial charge < -0.3 is 14.6 Å². The van der Waals surface area contributed by atoms with Crippen molar-refractivity contribution < 1.29 is 24.2 Å². The van der Waals surface area contributed by atoms with Gasteiger partial charge in [0.15, 0.2) is 0 Å². The molecule has 59 heavy (non-hydrogen) atoms. The van der Waals surface area contributed by atoms with Crippen molar-refractivity contribution in [3.05, 3.63) is 0 Å². The van der Waals surface area contributed by atoms with Crippen LogP contribution in [-0.2, 0) is 19.1 Å². The number of carbonyl (C=O) groups is 2. The van der Waals surface area contributed by atoms with E-state index in [-0.39, 0.29) is 30.2 Å². The van der Waals surface area contributed by atoms with E-state index in [2.05, 4.69) is 46.4 Å². The number of ether oxygens (including phenoxy) is 2. The second-order valence-corrected chi connectivity index (χ2v) is 19.1. The molecule has 0 aromatic heterocycles. The van der Waals surface area contributed by atoms with Crippen molar-refractivity contribution in [3.63, 3.8) is 0 Å². The smallest absolute Gasteiger partial charge is 0.306 e. The zero-order valence-electron chi connectivity index (χ0n) is 40.9. The Morgan fingerprint density at radius 1 is 0.458 bits per heavy atom. The first kappa shape index (κ1) is 57.9. The van der Waals surface area contributed by atoms with Gasteiger partial charge in [-0.1, -0.05) is 195 Å². The highest BCUT2D eigenvalue weighted by Gasteiger charge is 2.25. The van der Waals surface area contributed by atoms with Crippen LogP contribution in [0.15, 0.2) is 0 Å². The van der Waals surface area contributed by atoms with E-state index >= 15 is 0 Å². The van der Waals surface area contributed by atoms with Crippen LogP contribution in [-0.4, -0.2) is 59.9 Å². The van der Waals surface area contributed by atoms with Gasteiger partial charge in [0.05, 0.1) is 13.2 Å². The van der Waals surface area contributed by atoms with Crippen LogP contribution in [0.25, 0.3) is 0 Å². The fourth-order valence-electron chi connectivity index (χ4n) is 8.62. The third-order valence-electron chi connectivity index (χ3n) is 12.9. The summed E-state index contributed by atoms with van der Waals surface area (Å²) in [7, 11) is 0. The normalized spacial score (nSPS) is 12.0. The summed E-state index contributed by atoms with van der Waals surface area (Å²) in [6.45, 7) is 16.1. The molecular formula is C53H105NO5. The van der Waals surface area contributed by atoms with Crippen molar-refractivity contribution in [2.45, 2.75) is 297 Å². The molecule has 0 atom stereocenters. The first-order chi connectivity index (χ1) is 28.7. The lowest BCUT2D eigenvalue weighted by molar-refractivity contribution is -0.150. The highest BCUT2D eigenvalue weighted by Crippen LogP contribution is 2.24. The van der Waals surface area contributed by atoms with E-state index in [1.165, 1.54) is 148 Å². The summed E-state index contributed by atoms with van der Waals surface area (Å²) in [6, 6.07) is 0. The molecule has 0 amide bonds. The van der Waals surface area contributed by atoms with Crippen molar-refractivity contribution in [1.29, 1.82) is 0 Å². The van der Waals surface area contributed by atoms with Gasteiger partial charge in [-0.2, -0.15) is 0 Å². The number of hydrogen-bond donors (Lipinski definition) is 1. The molecule has 0 aliphatic carbocycles. The highest BCUT2D eigenvalue weighted by molar-refractivity contribution is 5.69. The predicted molar refractivity (Wildman–Crippen MR) is 255 cm³/mol. The largest absolute Gasteiger partial charge is 0.466 e. The summed E-state index contributed by atoms with van der Waals surface area (Å²) >= 11 is 0. The third kappa shape index (κ3) is 38.3. The highest BCUT2D eigenvalue weighted by atomic mass is 16.5. The van der Waals surface area contributed by atoms with Gasteiger partial charge in [0.25, 0.3) is 0 Å². The molecular weight excluding hydrogens is 731 g/mol. The van der Waals surface area contributed by atoms with Crippen LogP contribution in [0, 0.1) is 5.92 Å². The van der Waals surface area contributed by atoms with E-state index < -0.39 is 0 Å². The van der Waals surface area contributed by atoms with Crippen LogP contribution in [0.5, 0.6) is 0 Å². The minimum atomic E-state index is -0.223. The molecule has 352 valence electrons. The zero-order valence-corrected chi connectivity index (χ0v) is 40.9. The average Bonchev–Trinajstić information content (AvgIpc) is 3.22. The SMILES string of the molecule is CCCCCCCCC(CCCCCCCC)OC(=O)CCCCCCCN(CCCCCCCC(=O)OCCCC(CCCCCC)CCCCCC)C(C)(C)CO. The molecule has 0 aliphatic rings. The van der Waals surface area contributed by atoms with Crippen LogP contribution in [0.1, 0.15) is 286 Å². The molecule has 1 N–H and O–H groups in total. The maximum atomic E-state index is 12.8. The lowest BCUT2D eigenvalue weighted by Gasteiger charge is -2.37. The number of nitrogens with zero attached hydrogens (tertiary/aromatic N) is 1. The Labute approximate surface area is 369 Å².